The molecule has 1 rings (SSSR count). The second-order valence-electron chi connectivity index (χ2n) is 3.92. The molecule has 0 bridgehead atoms. The molecule has 0 fully saturated rings. The van der Waals surface area contributed by atoms with Crippen molar-refractivity contribution in [3.63, 3.8) is 0 Å². The Morgan fingerprint density at radius 3 is 2.68 bits per heavy atom. The number of aliphatic carboxylic acids is 1. The number of aliphatic hydroxyl groups is 2. The summed E-state index contributed by atoms with van der Waals surface area (Å²) in [4.78, 5) is 10.5. The molecule has 5 N–H and O–H groups in total. The first kappa shape index (κ1) is 15.2. The van der Waals surface area contributed by atoms with E-state index in [2.05, 4.69) is 0 Å². The van der Waals surface area contributed by atoms with Crippen LogP contribution >= 0.6 is 0 Å². The molecular weight excluding hydrogens is 250 g/mol. The van der Waals surface area contributed by atoms with Crippen molar-refractivity contribution < 1.29 is 24.9 Å². The minimum absolute atomic E-state index is 0.0759. The van der Waals surface area contributed by atoms with Crippen molar-refractivity contribution in [3.05, 3.63) is 35.4 Å². The highest BCUT2D eigenvalue weighted by atomic mass is 16.5. The van der Waals surface area contributed by atoms with Gasteiger partial charge in [0.25, 0.3) is 0 Å². The Hall–Kier alpha value is -1.89. The summed E-state index contributed by atoms with van der Waals surface area (Å²) in [5, 5.41) is 27.9. The third-order valence-corrected chi connectivity index (χ3v) is 2.61. The third kappa shape index (κ3) is 4.06. The average Bonchev–Trinajstić information content (AvgIpc) is 2.42. The van der Waals surface area contributed by atoms with Gasteiger partial charge in [-0.2, -0.15) is 0 Å². The molecule has 104 valence electrons. The monoisotopic (exact) mass is 267 g/mol. The van der Waals surface area contributed by atoms with E-state index >= 15 is 0 Å². The quantitative estimate of drug-likeness (QED) is 0.545. The van der Waals surface area contributed by atoms with Gasteiger partial charge >= 0.3 is 5.97 Å². The number of carboxylic acid groups (broad SMARTS) is 1. The molecule has 0 amide bonds. The van der Waals surface area contributed by atoms with Crippen molar-refractivity contribution in [2.45, 2.75) is 12.2 Å². The van der Waals surface area contributed by atoms with Crippen molar-refractivity contribution in [1.29, 1.82) is 0 Å². The predicted molar refractivity (Wildman–Crippen MR) is 69.7 cm³/mol. The van der Waals surface area contributed by atoms with Gasteiger partial charge in [-0.1, -0.05) is 6.07 Å². The Bertz CT molecular complexity index is 472. The summed E-state index contributed by atoms with van der Waals surface area (Å²) in [5.74, 6) is -0.620. The third-order valence-electron chi connectivity index (χ3n) is 2.61. The number of hydrogen-bond donors (Lipinski definition) is 4. The highest BCUT2D eigenvalue weighted by Gasteiger charge is 2.17. The number of hydrogen-bond acceptors (Lipinski definition) is 5. The smallest absolute Gasteiger partial charge is 0.328 e. The van der Waals surface area contributed by atoms with Gasteiger partial charge in [-0.25, -0.2) is 4.79 Å². The summed E-state index contributed by atoms with van der Waals surface area (Å²) in [6, 6.07) is 4.71. The number of rotatable bonds is 6. The van der Waals surface area contributed by atoms with Crippen LogP contribution in [0.2, 0.25) is 0 Å². The van der Waals surface area contributed by atoms with Crippen LogP contribution in [0, 0.1) is 0 Å². The van der Waals surface area contributed by atoms with E-state index in [-0.39, 0.29) is 6.54 Å². The fraction of sp³-hybridized carbons (Fsp3) is 0.308. The minimum atomic E-state index is -1.13. The van der Waals surface area contributed by atoms with Gasteiger partial charge in [0.15, 0.2) is 0 Å². The Labute approximate surface area is 110 Å². The first-order valence-corrected chi connectivity index (χ1v) is 5.64. The lowest BCUT2D eigenvalue weighted by atomic mass is 10.0. The van der Waals surface area contributed by atoms with Gasteiger partial charge in [-0.15, -0.1) is 0 Å². The number of benzene rings is 1. The molecule has 2 atom stereocenters. The molecule has 6 nitrogen and oxygen atoms in total. The summed E-state index contributed by atoms with van der Waals surface area (Å²) in [7, 11) is 1.46. The van der Waals surface area contributed by atoms with E-state index in [0.29, 0.717) is 16.9 Å². The molecule has 6 heteroatoms. The van der Waals surface area contributed by atoms with Gasteiger partial charge in [-0.3, -0.25) is 0 Å². The number of nitrogens with two attached hydrogens (primary N) is 1. The first-order valence-electron chi connectivity index (χ1n) is 5.64. The van der Waals surface area contributed by atoms with E-state index in [1.807, 2.05) is 0 Å². The Kier molecular flexibility index (Phi) is 5.50. The molecule has 0 spiro atoms. The van der Waals surface area contributed by atoms with Crippen molar-refractivity contribution >= 4 is 12.0 Å². The second kappa shape index (κ2) is 6.89. The highest BCUT2D eigenvalue weighted by Crippen LogP contribution is 2.26. The predicted octanol–water partition coefficient (Wildman–Crippen LogP) is 0.146. The van der Waals surface area contributed by atoms with Crippen LogP contribution in [0.3, 0.4) is 0 Å². The lowest BCUT2D eigenvalue weighted by molar-refractivity contribution is -0.131. The fourth-order valence-electron chi connectivity index (χ4n) is 1.58. The van der Waals surface area contributed by atoms with Gasteiger partial charge < -0.3 is 25.8 Å². The van der Waals surface area contributed by atoms with Crippen molar-refractivity contribution in [2.75, 3.05) is 13.7 Å². The molecule has 0 radical (unpaired) electrons. The first-order chi connectivity index (χ1) is 8.99. The lowest BCUT2D eigenvalue weighted by Gasteiger charge is -2.17. The van der Waals surface area contributed by atoms with Crippen LogP contribution < -0.4 is 10.5 Å². The van der Waals surface area contributed by atoms with Crippen LogP contribution in [0.1, 0.15) is 17.2 Å². The number of carbonyl (C=O) groups is 1. The van der Waals surface area contributed by atoms with Crippen LogP contribution in [0.15, 0.2) is 24.3 Å². The summed E-state index contributed by atoms with van der Waals surface area (Å²) in [6.45, 7) is -0.0759. The molecule has 0 saturated carbocycles. The molecule has 0 aliphatic carbocycles. The minimum Gasteiger partial charge on any atom is -0.496 e. The average molecular weight is 267 g/mol. The molecule has 0 aliphatic rings. The molecule has 1 aromatic rings. The topological polar surface area (TPSA) is 113 Å². The maximum absolute atomic E-state index is 10.5. The van der Waals surface area contributed by atoms with E-state index in [1.54, 1.807) is 18.2 Å². The standard InChI is InChI=1S/C13H17NO5/c1-19-11-4-2-9(13(18)10(15)7-14)6-8(11)3-5-12(16)17/h2-6,10,13,15,18H,7,14H2,1H3,(H,16,17)/b5-3+. The van der Waals surface area contributed by atoms with Gasteiger partial charge in [0.2, 0.25) is 0 Å². The summed E-state index contributed by atoms with van der Waals surface area (Å²) >= 11 is 0. The molecule has 0 aromatic heterocycles. The van der Waals surface area contributed by atoms with E-state index in [1.165, 1.54) is 13.2 Å². The summed E-state index contributed by atoms with van der Waals surface area (Å²) < 4.78 is 5.09. The summed E-state index contributed by atoms with van der Waals surface area (Å²) in [6.07, 6.45) is 0.108. The number of ether oxygens (including phenoxy) is 1. The zero-order valence-corrected chi connectivity index (χ0v) is 10.5. The zero-order chi connectivity index (χ0) is 14.4. The highest BCUT2D eigenvalue weighted by molar-refractivity contribution is 5.86. The molecule has 0 saturated heterocycles. The van der Waals surface area contributed by atoms with E-state index in [0.717, 1.165) is 6.08 Å². The maximum atomic E-state index is 10.5. The van der Waals surface area contributed by atoms with Crippen molar-refractivity contribution in [3.8, 4) is 5.75 Å². The molecule has 0 aliphatic heterocycles. The molecule has 2 unspecified atom stereocenters. The number of carboxylic acids is 1. The Morgan fingerprint density at radius 1 is 1.47 bits per heavy atom. The second-order valence-corrected chi connectivity index (χ2v) is 3.92. The molecular formula is C13H17NO5. The lowest BCUT2D eigenvalue weighted by Crippen LogP contribution is -2.27. The SMILES string of the molecule is COc1ccc(C(O)C(O)CN)cc1/C=C/C(=O)O. The van der Waals surface area contributed by atoms with Crippen LogP contribution in [0.5, 0.6) is 5.75 Å². The van der Waals surface area contributed by atoms with Gasteiger partial charge in [0.05, 0.1) is 13.2 Å². The van der Waals surface area contributed by atoms with Crippen molar-refractivity contribution in [1.82, 2.24) is 0 Å². The fourth-order valence-corrected chi connectivity index (χ4v) is 1.58. The van der Waals surface area contributed by atoms with Crippen molar-refractivity contribution in [2.24, 2.45) is 5.73 Å². The van der Waals surface area contributed by atoms with Gasteiger partial charge in [0.1, 0.15) is 11.9 Å². The largest absolute Gasteiger partial charge is 0.496 e. The van der Waals surface area contributed by atoms with E-state index in [9.17, 15) is 15.0 Å². The Balaban J connectivity index is 3.10. The molecule has 0 heterocycles. The maximum Gasteiger partial charge on any atom is 0.328 e. The summed E-state index contributed by atoms with van der Waals surface area (Å²) in [5.41, 5.74) is 6.20. The normalized spacial score (nSPS) is 14.3. The Morgan fingerprint density at radius 2 is 2.16 bits per heavy atom. The van der Waals surface area contributed by atoms with Crippen LogP contribution in [-0.2, 0) is 4.79 Å². The van der Waals surface area contributed by atoms with Crippen LogP contribution in [-0.4, -0.2) is 41.0 Å². The van der Waals surface area contributed by atoms with Gasteiger partial charge in [0, 0.05) is 18.2 Å². The van der Waals surface area contributed by atoms with E-state index < -0.39 is 18.2 Å². The zero-order valence-electron chi connectivity index (χ0n) is 10.5. The van der Waals surface area contributed by atoms with Crippen LogP contribution in [0.25, 0.3) is 6.08 Å². The van der Waals surface area contributed by atoms with Gasteiger partial charge in [-0.05, 0) is 23.8 Å². The molecule has 19 heavy (non-hydrogen) atoms. The molecule has 1 aromatic carbocycles. The van der Waals surface area contributed by atoms with E-state index in [4.69, 9.17) is 15.6 Å². The van der Waals surface area contributed by atoms with Crippen LogP contribution in [0.4, 0.5) is 0 Å². The number of methoxy groups -OCH3 is 1. The number of aliphatic hydroxyl groups excluding tert-OH is 2.